The predicted molar refractivity (Wildman–Crippen MR) is 336 cm³/mol. The van der Waals surface area contributed by atoms with Gasteiger partial charge in [0, 0.05) is 0 Å². The molecular weight excluding hydrogens is 1010 g/mol. The summed E-state index contributed by atoms with van der Waals surface area (Å²) in [5, 5.41) is 39.3. The number of phenols is 4. The molecule has 0 amide bonds. The quantitative estimate of drug-likeness (QED) is 0.0938. The van der Waals surface area contributed by atoms with E-state index in [4.69, 9.17) is 18.8 Å². The maximum Gasteiger partial charge on any atom is 0.212 e. The van der Waals surface area contributed by atoms with Gasteiger partial charge in [-0.3, -0.25) is 0 Å². The number of aromatic hydroxyl groups is 4. The van der Waals surface area contributed by atoms with Crippen LogP contribution < -0.4 is 9.05 Å². The van der Waals surface area contributed by atoms with Crippen LogP contribution in [0, 0.1) is 0 Å². The smallest absolute Gasteiger partial charge is 0.212 e. The van der Waals surface area contributed by atoms with Crippen LogP contribution in [0.15, 0.2) is 121 Å². The van der Waals surface area contributed by atoms with Crippen LogP contribution in [0.5, 0.6) is 34.5 Å². The zero-order chi connectivity index (χ0) is 60.2. The van der Waals surface area contributed by atoms with Crippen LogP contribution in [0.25, 0.3) is 11.1 Å². The third-order valence-corrected chi connectivity index (χ3v) is 13.7. The molecule has 6 aromatic carbocycles. The number of hydrogen-bond donors (Lipinski definition) is 6. The summed E-state index contributed by atoms with van der Waals surface area (Å²) < 4.78 is 9.97. The summed E-state index contributed by atoms with van der Waals surface area (Å²) in [6, 6.07) is 38.6. The van der Waals surface area contributed by atoms with Crippen molar-refractivity contribution in [2.45, 2.75) is 209 Å². The molecule has 6 N–H and O–H groups in total. The van der Waals surface area contributed by atoms with Crippen molar-refractivity contribution in [3.63, 3.8) is 0 Å². The van der Waals surface area contributed by atoms with Crippen LogP contribution >= 0.6 is 18.1 Å². The SMILES string of the molecule is CC(C)(C)c1ccc(O)c(C(C)(C)C)c1.CC(C)(C)c1ccc(O)c(C(C)(C)C)c1.CC(C)(C)c1ccc(O)c(C(C)(C)C)c1.CC(C)(C)c1ccc(O)c(C(C)(C)C)c1.OPOc1ccc(-c2ccc(OPO)cc2)cc1. The fraction of sp³-hybridized carbons (Fsp3) is 0.471. The fourth-order valence-electron chi connectivity index (χ4n) is 7.95. The molecule has 8 nitrogen and oxygen atoms in total. The highest BCUT2D eigenvalue weighted by Crippen LogP contribution is 2.39. The Balaban J connectivity index is 0.000000334. The Morgan fingerprint density at radius 1 is 0.256 bits per heavy atom. The van der Waals surface area contributed by atoms with Gasteiger partial charge < -0.3 is 39.3 Å². The number of benzene rings is 6. The highest BCUT2D eigenvalue weighted by molar-refractivity contribution is 7.25. The third-order valence-electron chi connectivity index (χ3n) is 13.1. The molecule has 0 aromatic heterocycles. The average Bonchev–Trinajstić information content (AvgIpc) is 3.28. The summed E-state index contributed by atoms with van der Waals surface area (Å²) in [6.07, 6.45) is 0. The molecular formula is C68H100O8P2. The molecule has 6 rings (SSSR count). The van der Waals surface area contributed by atoms with E-state index in [1.165, 1.54) is 22.3 Å². The van der Waals surface area contributed by atoms with Gasteiger partial charge in [-0.1, -0.05) is 239 Å². The minimum Gasteiger partial charge on any atom is -0.508 e. The van der Waals surface area contributed by atoms with E-state index >= 15 is 0 Å². The molecule has 0 bridgehead atoms. The van der Waals surface area contributed by atoms with E-state index in [-0.39, 0.29) is 43.3 Å². The lowest BCUT2D eigenvalue weighted by atomic mass is 9.80. The highest BCUT2D eigenvalue weighted by Gasteiger charge is 2.25. The van der Waals surface area contributed by atoms with E-state index in [0.29, 0.717) is 34.5 Å². The standard InChI is InChI=1S/4C14H22O.C12H12O4P2/c4*1-13(2,3)10-7-8-12(15)11(9-10)14(4,5)6;13-17-15-11-5-1-9(2-6-11)10-3-7-12(8-4-10)16-18-14/h4*7-9,15H,1-6H3;1-8,13-14,17-18H. The molecule has 6 aromatic rings. The van der Waals surface area contributed by atoms with Crippen LogP contribution in [0.4, 0.5) is 0 Å². The zero-order valence-corrected chi connectivity index (χ0v) is 54.0. The average molecular weight is 1110 g/mol. The molecule has 430 valence electrons. The first-order valence-electron chi connectivity index (χ1n) is 27.0. The molecule has 0 fully saturated rings. The first-order chi connectivity index (χ1) is 35.3. The van der Waals surface area contributed by atoms with Crippen molar-refractivity contribution in [1.29, 1.82) is 0 Å². The molecule has 2 atom stereocenters. The Bertz CT molecular complexity index is 2450. The Kier molecular flexibility index (Phi) is 24.2. The second-order valence-electron chi connectivity index (χ2n) is 28.4. The first kappa shape index (κ1) is 69.0. The largest absolute Gasteiger partial charge is 0.508 e. The Labute approximate surface area is 476 Å². The summed E-state index contributed by atoms with van der Waals surface area (Å²) in [7, 11) is -1.09. The molecule has 10 heteroatoms. The lowest BCUT2D eigenvalue weighted by Crippen LogP contribution is -2.16. The van der Waals surface area contributed by atoms with Gasteiger partial charge in [0.05, 0.1) is 0 Å². The Morgan fingerprint density at radius 3 is 0.577 bits per heavy atom. The van der Waals surface area contributed by atoms with E-state index < -0.39 is 18.1 Å². The van der Waals surface area contributed by atoms with Gasteiger partial charge in [-0.2, -0.15) is 0 Å². The fourth-order valence-corrected chi connectivity index (χ4v) is 8.43. The molecule has 0 saturated heterocycles. The zero-order valence-electron chi connectivity index (χ0n) is 52.0. The van der Waals surface area contributed by atoms with Crippen molar-refractivity contribution >= 4 is 18.1 Å². The van der Waals surface area contributed by atoms with Crippen molar-refractivity contribution in [3.8, 4) is 45.6 Å². The van der Waals surface area contributed by atoms with Crippen LogP contribution in [-0.4, -0.2) is 30.2 Å². The molecule has 78 heavy (non-hydrogen) atoms. The second kappa shape index (κ2) is 27.4. The van der Waals surface area contributed by atoms with Crippen molar-refractivity contribution in [2.75, 3.05) is 0 Å². The molecule has 0 spiro atoms. The minimum atomic E-state index is -0.543. The van der Waals surface area contributed by atoms with E-state index in [0.717, 1.165) is 33.4 Å². The molecule has 2 unspecified atom stereocenters. The van der Waals surface area contributed by atoms with Crippen LogP contribution in [0.2, 0.25) is 0 Å². The van der Waals surface area contributed by atoms with Gasteiger partial charge in [0.25, 0.3) is 0 Å². The van der Waals surface area contributed by atoms with Crippen LogP contribution in [-0.2, 0) is 43.3 Å². The van der Waals surface area contributed by atoms with Crippen LogP contribution in [0.3, 0.4) is 0 Å². The van der Waals surface area contributed by atoms with Crippen molar-refractivity contribution in [3.05, 3.63) is 166 Å². The third kappa shape index (κ3) is 22.2. The van der Waals surface area contributed by atoms with Crippen molar-refractivity contribution in [2.24, 2.45) is 0 Å². The summed E-state index contributed by atoms with van der Waals surface area (Å²) >= 11 is 0. The predicted octanol–water partition coefficient (Wildman–Crippen LogP) is 19.1. The van der Waals surface area contributed by atoms with Gasteiger partial charge >= 0.3 is 0 Å². The van der Waals surface area contributed by atoms with E-state index in [9.17, 15) is 20.4 Å². The molecule has 0 aliphatic rings. The van der Waals surface area contributed by atoms with Gasteiger partial charge in [-0.05, 0) is 147 Å². The first-order valence-corrected chi connectivity index (χ1v) is 28.7. The molecule has 0 radical (unpaired) electrons. The number of hydrogen-bond acceptors (Lipinski definition) is 8. The lowest BCUT2D eigenvalue weighted by Gasteiger charge is -2.25. The van der Waals surface area contributed by atoms with Gasteiger partial charge in [0.15, 0.2) is 0 Å². The monoisotopic (exact) mass is 1110 g/mol. The van der Waals surface area contributed by atoms with E-state index in [2.05, 4.69) is 190 Å². The topological polar surface area (TPSA) is 140 Å². The number of rotatable bonds is 5. The molecule has 0 saturated carbocycles. The summed E-state index contributed by atoms with van der Waals surface area (Å²) in [5.74, 6) is 2.87. The van der Waals surface area contributed by atoms with Crippen molar-refractivity contribution < 1.29 is 39.3 Å². The molecule has 0 aliphatic heterocycles. The maximum atomic E-state index is 9.84. The summed E-state index contributed by atoms with van der Waals surface area (Å²) in [5.41, 5.74) is 11.7. The maximum absolute atomic E-state index is 9.84. The second-order valence-corrected chi connectivity index (χ2v) is 29.1. The Morgan fingerprint density at radius 2 is 0.436 bits per heavy atom. The number of phenolic OH excluding ortho intramolecular Hbond substituents is 4. The summed E-state index contributed by atoms with van der Waals surface area (Å²) in [4.78, 5) is 17.3. The van der Waals surface area contributed by atoms with Crippen LogP contribution in [0.1, 0.15) is 211 Å². The van der Waals surface area contributed by atoms with Gasteiger partial charge in [0.1, 0.15) is 34.5 Å². The van der Waals surface area contributed by atoms with Crippen molar-refractivity contribution in [1.82, 2.24) is 0 Å². The molecule has 0 heterocycles. The summed E-state index contributed by atoms with van der Waals surface area (Å²) in [6.45, 7) is 51.7. The highest BCUT2D eigenvalue weighted by atomic mass is 31.1. The van der Waals surface area contributed by atoms with E-state index in [1.807, 2.05) is 48.5 Å². The lowest BCUT2D eigenvalue weighted by molar-refractivity contribution is 0.444. The minimum absolute atomic E-state index is 0.00859. The Hall–Kier alpha value is -5.10. The molecule has 0 aliphatic carbocycles. The van der Waals surface area contributed by atoms with Gasteiger partial charge in [0.2, 0.25) is 18.1 Å². The van der Waals surface area contributed by atoms with E-state index in [1.54, 1.807) is 48.5 Å². The van der Waals surface area contributed by atoms with Gasteiger partial charge in [-0.15, -0.1) is 0 Å². The van der Waals surface area contributed by atoms with Gasteiger partial charge in [-0.25, -0.2) is 0 Å². The normalized spacial score (nSPS) is 12.6.